The maximum atomic E-state index is 12.1. The number of hydrogen-bond donors (Lipinski definition) is 3. The zero-order valence-electron chi connectivity index (χ0n) is 13.7. The molecule has 1 aliphatic carbocycles. The van der Waals surface area contributed by atoms with Gasteiger partial charge in [-0.25, -0.2) is 4.98 Å². The van der Waals surface area contributed by atoms with Crippen LogP contribution in [0, 0.1) is 0 Å². The second-order valence-electron chi connectivity index (χ2n) is 6.76. The zero-order valence-corrected chi connectivity index (χ0v) is 14.5. The number of H-pyrrole nitrogens is 2. The Balaban J connectivity index is 1.38. The van der Waals surface area contributed by atoms with Crippen LogP contribution in [0.25, 0.3) is 0 Å². The molecule has 0 radical (unpaired) electrons. The standard InChI is InChI=1S/C17H20ClN5O2/c18-11-7-14(19-9-11)16(25)20-12-5-10(6-12)13-8-15(24)22-17(21-13)23-3-1-2-4-23/h7-10,12,19H,1-6H2,(H,20,25)(H,21,22,24). The minimum absolute atomic E-state index is 0.0934. The van der Waals surface area contributed by atoms with Crippen molar-refractivity contribution in [2.24, 2.45) is 0 Å². The first-order valence-corrected chi connectivity index (χ1v) is 8.97. The first-order valence-electron chi connectivity index (χ1n) is 8.59. The van der Waals surface area contributed by atoms with Crippen molar-refractivity contribution in [3.8, 4) is 0 Å². The number of nitrogens with one attached hydrogen (secondary N) is 3. The number of amides is 1. The molecular formula is C17H20ClN5O2. The van der Waals surface area contributed by atoms with Gasteiger partial charge in [-0.1, -0.05) is 11.6 Å². The minimum atomic E-state index is -0.160. The van der Waals surface area contributed by atoms with Gasteiger partial charge >= 0.3 is 0 Å². The van der Waals surface area contributed by atoms with E-state index < -0.39 is 0 Å². The van der Waals surface area contributed by atoms with E-state index in [0.29, 0.717) is 16.7 Å². The maximum Gasteiger partial charge on any atom is 0.267 e. The van der Waals surface area contributed by atoms with E-state index in [9.17, 15) is 9.59 Å². The molecule has 1 amide bonds. The number of halogens is 1. The molecule has 0 unspecified atom stereocenters. The highest BCUT2D eigenvalue weighted by molar-refractivity contribution is 6.30. The normalized spacial score (nSPS) is 22.7. The van der Waals surface area contributed by atoms with Gasteiger partial charge in [0.15, 0.2) is 0 Å². The highest BCUT2D eigenvalue weighted by atomic mass is 35.5. The number of rotatable bonds is 4. The van der Waals surface area contributed by atoms with Crippen molar-refractivity contribution in [2.45, 2.75) is 37.6 Å². The number of nitrogens with zero attached hydrogens (tertiary/aromatic N) is 2. The summed E-state index contributed by atoms with van der Waals surface area (Å²) >= 11 is 5.82. The van der Waals surface area contributed by atoms with Crippen LogP contribution >= 0.6 is 11.6 Å². The van der Waals surface area contributed by atoms with E-state index in [2.05, 4.69) is 25.2 Å². The Morgan fingerprint density at radius 3 is 2.72 bits per heavy atom. The average molecular weight is 362 g/mol. The molecule has 8 heteroatoms. The quantitative estimate of drug-likeness (QED) is 0.776. The topological polar surface area (TPSA) is 93.9 Å². The molecule has 1 aliphatic heterocycles. The first-order chi connectivity index (χ1) is 12.1. The van der Waals surface area contributed by atoms with Crippen molar-refractivity contribution >= 4 is 23.5 Å². The van der Waals surface area contributed by atoms with Crippen LogP contribution in [0.15, 0.2) is 23.1 Å². The van der Waals surface area contributed by atoms with Gasteiger partial charge in [0.1, 0.15) is 5.69 Å². The summed E-state index contributed by atoms with van der Waals surface area (Å²) in [5, 5.41) is 3.49. The number of anilines is 1. The summed E-state index contributed by atoms with van der Waals surface area (Å²) in [6.07, 6.45) is 5.43. The Morgan fingerprint density at radius 2 is 2.04 bits per heavy atom. The Labute approximate surface area is 149 Å². The monoisotopic (exact) mass is 361 g/mol. The average Bonchev–Trinajstić information content (AvgIpc) is 3.21. The summed E-state index contributed by atoms with van der Waals surface area (Å²) in [5.74, 6) is 0.724. The van der Waals surface area contributed by atoms with Crippen LogP contribution in [-0.2, 0) is 0 Å². The highest BCUT2D eigenvalue weighted by Gasteiger charge is 2.33. The largest absolute Gasteiger partial charge is 0.356 e. The van der Waals surface area contributed by atoms with Gasteiger partial charge in [-0.2, -0.15) is 0 Å². The van der Waals surface area contributed by atoms with E-state index in [1.807, 2.05) is 0 Å². The molecule has 0 aromatic carbocycles. The fourth-order valence-electron chi connectivity index (χ4n) is 3.49. The van der Waals surface area contributed by atoms with Gasteiger partial charge in [0, 0.05) is 37.3 Å². The number of hydrogen-bond acceptors (Lipinski definition) is 4. The molecule has 2 aromatic heterocycles. The maximum absolute atomic E-state index is 12.1. The van der Waals surface area contributed by atoms with Crippen molar-refractivity contribution in [1.29, 1.82) is 0 Å². The van der Waals surface area contributed by atoms with E-state index in [-0.39, 0.29) is 23.4 Å². The zero-order chi connectivity index (χ0) is 17.4. The van der Waals surface area contributed by atoms with Gasteiger partial charge in [0.2, 0.25) is 5.95 Å². The number of aromatic nitrogens is 3. The van der Waals surface area contributed by atoms with E-state index in [1.165, 1.54) is 0 Å². The molecule has 7 nitrogen and oxygen atoms in total. The lowest BCUT2D eigenvalue weighted by molar-refractivity contribution is 0.0903. The van der Waals surface area contributed by atoms with Crippen molar-refractivity contribution in [2.75, 3.05) is 18.0 Å². The van der Waals surface area contributed by atoms with Gasteiger partial charge in [0.05, 0.1) is 10.7 Å². The predicted molar refractivity (Wildman–Crippen MR) is 95.3 cm³/mol. The second-order valence-corrected chi connectivity index (χ2v) is 7.19. The summed E-state index contributed by atoms with van der Waals surface area (Å²) in [4.78, 5) is 36.5. The summed E-state index contributed by atoms with van der Waals surface area (Å²) in [6, 6.07) is 3.27. The van der Waals surface area contributed by atoms with Gasteiger partial charge in [-0.15, -0.1) is 0 Å². The van der Waals surface area contributed by atoms with E-state index >= 15 is 0 Å². The molecule has 3 N–H and O–H groups in total. The molecule has 0 atom stereocenters. The molecule has 2 fully saturated rings. The van der Waals surface area contributed by atoms with Crippen LogP contribution in [0.4, 0.5) is 5.95 Å². The SMILES string of the molecule is O=C(NC1CC(c2cc(=O)[nH]c(N3CCCC3)n2)C1)c1cc(Cl)c[nH]1. The smallest absolute Gasteiger partial charge is 0.267 e. The molecule has 2 aromatic rings. The van der Waals surface area contributed by atoms with E-state index in [4.69, 9.17) is 11.6 Å². The van der Waals surface area contributed by atoms with Gasteiger partial charge in [0.25, 0.3) is 11.5 Å². The highest BCUT2D eigenvalue weighted by Crippen LogP contribution is 2.36. The van der Waals surface area contributed by atoms with Crippen LogP contribution < -0.4 is 15.8 Å². The van der Waals surface area contributed by atoms with Gasteiger partial charge < -0.3 is 15.2 Å². The van der Waals surface area contributed by atoms with Crippen molar-refractivity contribution in [1.82, 2.24) is 20.3 Å². The molecule has 132 valence electrons. The summed E-state index contributed by atoms with van der Waals surface area (Å²) in [5.41, 5.74) is 1.17. The molecule has 2 aliphatic rings. The fraction of sp³-hybridized carbons (Fsp3) is 0.471. The second kappa shape index (κ2) is 6.55. The van der Waals surface area contributed by atoms with Gasteiger partial charge in [-0.3, -0.25) is 14.6 Å². The number of carbonyl (C=O) groups excluding carboxylic acids is 1. The van der Waals surface area contributed by atoms with E-state index in [0.717, 1.165) is 44.5 Å². The fourth-order valence-corrected chi connectivity index (χ4v) is 3.65. The molecular weight excluding hydrogens is 342 g/mol. The van der Waals surface area contributed by atoms with Crippen LogP contribution in [0.3, 0.4) is 0 Å². The Kier molecular flexibility index (Phi) is 4.25. The van der Waals surface area contributed by atoms with E-state index in [1.54, 1.807) is 18.3 Å². The molecule has 0 bridgehead atoms. The van der Waals surface area contributed by atoms with Crippen LogP contribution in [-0.4, -0.2) is 40.0 Å². The van der Waals surface area contributed by atoms with Crippen LogP contribution in [0.1, 0.15) is 47.8 Å². The molecule has 25 heavy (non-hydrogen) atoms. The summed E-state index contributed by atoms with van der Waals surface area (Å²) in [7, 11) is 0. The lowest BCUT2D eigenvalue weighted by Crippen LogP contribution is -2.44. The first kappa shape index (κ1) is 16.2. The van der Waals surface area contributed by atoms with Crippen molar-refractivity contribution in [3.63, 3.8) is 0 Å². The third-order valence-electron chi connectivity index (χ3n) is 4.94. The van der Waals surface area contributed by atoms with Crippen LogP contribution in [0.2, 0.25) is 5.02 Å². The number of carbonyl (C=O) groups is 1. The third-order valence-corrected chi connectivity index (χ3v) is 5.16. The lowest BCUT2D eigenvalue weighted by Gasteiger charge is -2.35. The third kappa shape index (κ3) is 3.42. The Hall–Kier alpha value is -2.28. The molecule has 3 heterocycles. The minimum Gasteiger partial charge on any atom is -0.356 e. The lowest BCUT2D eigenvalue weighted by atomic mass is 9.78. The van der Waals surface area contributed by atoms with Crippen LogP contribution in [0.5, 0.6) is 0 Å². The predicted octanol–water partition coefficient (Wildman–Crippen LogP) is 2.03. The Bertz CT molecular complexity index is 834. The Morgan fingerprint density at radius 1 is 1.28 bits per heavy atom. The van der Waals surface area contributed by atoms with Gasteiger partial charge in [-0.05, 0) is 31.7 Å². The number of aromatic amines is 2. The molecule has 4 rings (SSSR count). The molecule has 1 saturated heterocycles. The van der Waals surface area contributed by atoms with Crippen molar-refractivity contribution in [3.05, 3.63) is 45.1 Å². The van der Waals surface area contributed by atoms with Crippen molar-refractivity contribution < 1.29 is 4.79 Å². The summed E-state index contributed by atoms with van der Waals surface area (Å²) < 4.78 is 0. The summed E-state index contributed by atoms with van der Waals surface area (Å²) in [6.45, 7) is 1.88. The molecule has 1 saturated carbocycles. The molecule has 0 spiro atoms.